The molecule has 19 heavy (non-hydrogen) atoms. The minimum atomic E-state index is -0.0916. The predicted molar refractivity (Wildman–Crippen MR) is 86.3 cm³/mol. The lowest BCUT2D eigenvalue weighted by molar-refractivity contribution is 0.275. The number of hydrogen-bond donors (Lipinski definition) is 2. The van der Waals surface area contributed by atoms with Gasteiger partial charge in [-0.25, -0.2) is 0 Å². The number of anilines is 1. The highest BCUT2D eigenvalue weighted by molar-refractivity contribution is 8.29. The summed E-state index contributed by atoms with van der Waals surface area (Å²) in [5, 5.41) is 18.5. The lowest BCUT2D eigenvalue weighted by atomic mass is 10.1. The van der Waals surface area contributed by atoms with E-state index in [1.54, 1.807) is 0 Å². The third kappa shape index (κ3) is 4.53. The van der Waals surface area contributed by atoms with Gasteiger partial charge in [0, 0.05) is 24.0 Å². The molecule has 2 N–H and O–H groups in total. The molecule has 1 aromatic rings. The molecular formula is C14H23NO2S2. The largest absolute Gasteiger partial charge is 0.392 e. The van der Waals surface area contributed by atoms with Crippen LogP contribution in [-0.2, 0) is 33.9 Å². The average molecular weight is 301 g/mol. The van der Waals surface area contributed by atoms with E-state index in [-0.39, 0.29) is 27.4 Å². The minimum Gasteiger partial charge on any atom is -0.392 e. The summed E-state index contributed by atoms with van der Waals surface area (Å²) in [5.41, 5.74) is 2.64. The van der Waals surface area contributed by atoms with Crippen molar-refractivity contribution in [3.8, 4) is 0 Å². The molecule has 0 spiro atoms. The van der Waals surface area contributed by atoms with Crippen LogP contribution in [0.2, 0.25) is 0 Å². The van der Waals surface area contributed by atoms with Gasteiger partial charge in [0.2, 0.25) is 0 Å². The van der Waals surface area contributed by atoms with E-state index in [1.165, 1.54) is 0 Å². The summed E-state index contributed by atoms with van der Waals surface area (Å²) < 4.78 is 0.0542. The molecular weight excluding hydrogens is 278 g/mol. The quantitative estimate of drug-likeness (QED) is 0.837. The molecule has 0 radical (unpaired) electrons. The zero-order valence-corrected chi connectivity index (χ0v) is 13.6. The number of aliphatic hydroxyl groups excluding tert-OH is 2. The lowest BCUT2D eigenvalue weighted by Gasteiger charge is -2.32. The topological polar surface area (TPSA) is 43.7 Å². The van der Waals surface area contributed by atoms with Crippen molar-refractivity contribution < 1.29 is 10.2 Å². The summed E-state index contributed by atoms with van der Waals surface area (Å²) >= 11 is 5.40. The highest BCUT2D eigenvalue weighted by Gasteiger charge is 2.22. The summed E-state index contributed by atoms with van der Waals surface area (Å²) in [6.07, 6.45) is 2.08. The molecule has 0 aliphatic heterocycles. The average Bonchev–Trinajstić information content (AvgIpc) is 2.37. The summed E-state index contributed by atoms with van der Waals surface area (Å²) in [7, 11) is 1.92. The number of nitrogens with zero attached hydrogens (tertiary/aromatic N) is 1. The number of hydrogen-bond acceptors (Lipinski definition) is 4. The van der Waals surface area contributed by atoms with Gasteiger partial charge >= 0.3 is 0 Å². The van der Waals surface area contributed by atoms with Crippen LogP contribution in [0, 0.1) is 0 Å². The Balaban J connectivity index is 2.99. The van der Waals surface area contributed by atoms with Gasteiger partial charge in [0.05, 0.1) is 13.2 Å². The van der Waals surface area contributed by atoms with Crippen LogP contribution >= 0.6 is 0 Å². The second-order valence-electron chi connectivity index (χ2n) is 5.39. The smallest absolute Gasteiger partial charge is 0.0682 e. The Morgan fingerprint density at radius 3 is 2.00 bits per heavy atom. The van der Waals surface area contributed by atoms with Crippen molar-refractivity contribution in [3.63, 3.8) is 0 Å². The first-order valence-electron chi connectivity index (χ1n) is 6.19. The normalized spacial score (nSPS) is 13.4. The fourth-order valence-corrected chi connectivity index (χ4v) is 2.43. The summed E-state index contributed by atoms with van der Waals surface area (Å²) in [6.45, 7) is 5.15. The monoisotopic (exact) mass is 301 g/mol. The number of rotatable bonds is 6. The summed E-state index contributed by atoms with van der Waals surface area (Å²) in [4.78, 5) is 2.13. The molecule has 108 valence electrons. The van der Waals surface area contributed by atoms with Crippen LogP contribution in [0.3, 0.4) is 0 Å². The second-order valence-corrected chi connectivity index (χ2v) is 8.91. The molecule has 0 saturated heterocycles. The van der Waals surface area contributed by atoms with Crippen LogP contribution < -0.4 is 4.90 Å². The Hall–Kier alpha value is -0.490. The van der Waals surface area contributed by atoms with E-state index in [2.05, 4.69) is 25.0 Å². The van der Waals surface area contributed by atoms with Crippen molar-refractivity contribution in [2.45, 2.75) is 31.8 Å². The Kier molecular flexibility index (Phi) is 5.92. The molecule has 0 aliphatic carbocycles. The Bertz CT molecular complexity index is 439. The first kappa shape index (κ1) is 16.6. The van der Waals surface area contributed by atoms with E-state index >= 15 is 0 Å². The van der Waals surface area contributed by atoms with Crippen molar-refractivity contribution in [2.75, 3.05) is 24.7 Å². The standard InChI is InChI=1S/C14H23NO2S2/c1-14(2,19(4)18)10-15(3)13-6-11(8-16)5-12(7-13)9-17/h5-7,16-17H,8-10H2,1-4H3. The maximum atomic E-state index is 9.27. The maximum absolute atomic E-state index is 9.27. The van der Waals surface area contributed by atoms with Crippen LogP contribution in [0.1, 0.15) is 25.0 Å². The Morgan fingerprint density at radius 1 is 1.16 bits per heavy atom. The molecule has 1 atom stereocenters. The SMILES string of the molecule is CN(CC(C)(C)S(C)=S)c1cc(CO)cc(CO)c1. The van der Waals surface area contributed by atoms with Crippen LogP contribution in [0.15, 0.2) is 18.2 Å². The molecule has 3 nitrogen and oxygen atoms in total. The van der Waals surface area contributed by atoms with Gasteiger partial charge in [-0.3, -0.25) is 0 Å². The predicted octanol–water partition coefficient (Wildman–Crippen LogP) is 1.60. The zero-order chi connectivity index (χ0) is 14.6. The van der Waals surface area contributed by atoms with Crippen LogP contribution in [0.4, 0.5) is 5.69 Å². The fourth-order valence-electron chi connectivity index (χ4n) is 1.90. The van der Waals surface area contributed by atoms with Crippen molar-refractivity contribution in [3.05, 3.63) is 29.3 Å². The van der Waals surface area contributed by atoms with E-state index in [4.69, 9.17) is 11.2 Å². The molecule has 5 heteroatoms. The number of benzene rings is 1. The van der Waals surface area contributed by atoms with Gasteiger partial charge in [0.25, 0.3) is 0 Å². The minimum absolute atomic E-state index is 0.0166. The number of aliphatic hydroxyl groups is 2. The third-order valence-corrected chi connectivity index (χ3v) is 6.28. The maximum Gasteiger partial charge on any atom is 0.0682 e. The summed E-state index contributed by atoms with van der Waals surface area (Å²) in [5.74, 6) is 0. The van der Waals surface area contributed by atoms with E-state index < -0.39 is 0 Å². The van der Waals surface area contributed by atoms with Crippen LogP contribution in [-0.4, -0.2) is 34.8 Å². The highest BCUT2D eigenvalue weighted by Crippen LogP contribution is 2.22. The van der Waals surface area contributed by atoms with Crippen LogP contribution in [0.5, 0.6) is 0 Å². The van der Waals surface area contributed by atoms with E-state index in [9.17, 15) is 10.2 Å². The van der Waals surface area contributed by atoms with Gasteiger partial charge in [0.15, 0.2) is 0 Å². The van der Waals surface area contributed by atoms with Crippen molar-refractivity contribution in [1.82, 2.24) is 0 Å². The van der Waals surface area contributed by atoms with E-state index in [0.29, 0.717) is 0 Å². The van der Waals surface area contributed by atoms with Gasteiger partial charge in [-0.05, 0) is 43.4 Å². The molecule has 0 bridgehead atoms. The van der Waals surface area contributed by atoms with Crippen molar-refractivity contribution >= 4 is 26.3 Å². The zero-order valence-electron chi connectivity index (χ0n) is 12.0. The van der Waals surface area contributed by atoms with Gasteiger partial charge in [0.1, 0.15) is 0 Å². The fraction of sp³-hybridized carbons (Fsp3) is 0.571. The summed E-state index contributed by atoms with van der Waals surface area (Å²) in [6, 6.07) is 5.72. The van der Waals surface area contributed by atoms with E-state index in [1.807, 2.05) is 25.2 Å². The molecule has 0 saturated carbocycles. The first-order chi connectivity index (χ1) is 8.80. The third-order valence-electron chi connectivity index (χ3n) is 3.24. The van der Waals surface area contributed by atoms with Gasteiger partial charge in [-0.15, -0.1) is 9.45 Å². The molecule has 0 fully saturated rings. The van der Waals surface area contributed by atoms with Gasteiger partial charge in [-0.2, -0.15) is 0 Å². The lowest BCUT2D eigenvalue weighted by Crippen LogP contribution is -2.39. The van der Waals surface area contributed by atoms with Crippen molar-refractivity contribution in [2.24, 2.45) is 0 Å². The molecule has 1 aromatic carbocycles. The second kappa shape index (κ2) is 6.79. The molecule has 1 unspecified atom stereocenters. The Labute approximate surface area is 122 Å². The Morgan fingerprint density at radius 2 is 1.63 bits per heavy atom. The molecule has 0 aromatic heterocycles. The van der Waals surface area contributed by atoms with Gasteiger partial charge < -0.3 is 15.1 Å². The first-order valence-corrected chi connectivity index (χ1v) is 8.75. The van der Waals surface area contributed by atoms with Crippen LogP contribution in [0.25, 0.3) is 0 Å². The van der Waals surface area contributed by atoms with Crippen molar-refractivity contribution in [1.29, 1.82) is 0 Å². The molecule has 0 heterocycles. The molecule has 0 aliphatic rings. The molecule has 0 amide bonds. The van der Waals surface area contributed by atoms with Gasteiger partial charge in [-0.1, -0.05) is 17.3 Å². The molecule has 1 rings (SSSR count). The van der Waals surface area contributed by atoms with E-state index in [0.717, 1.165) is 23.4 Å². The highest BCUT2D eigenvalue weighted by atomic mass is 32.8.